The van der Waals surface area contributed by atoms with Gasteiger partial charge in [0.25, 0.3) is 0 Å². The number of aromatic nitrogens is 1. The van der Waals surface area contributed by atoms with Crippen molar-refractivity contribution in [1.82, 2.24) is 4.98 Å². The summed E-state index contributed by atoms with van der Waals surface area (Å²) in [6.45, 7) is 0. The Morgan fingerprint density at radius 2 is 2.06 bits per heavy atom. The Kier molecular flexibility index (Phi) is 4.18. The molecular weight excluding hydrogens is 242 g/mol. The molecule has 1 rings (SSSR count). The van der Waals surface area contributed by atoms with E-state index in [1.165, 1.54) is 13.2 Å². The number of methoxy groups -OCH3 is 1. The molecule has 2 atom stereocenters. The number of pyridine rings is 1. The lowest BCUT2D eigenvalue weighted by molar-refractivity contribution is -0.131. The SMILES string of the molecule is COC(=O)c1cnc(N)c(C(O)C(O)C(N)=O)c1. The van der Waals surface area contributed by atoms with Crippen molar-refractivity contribution in [1.29, 1.82) is 0 Å². The van der Waals surface area contributed by atoms with Crippen molar-refractivity contribution in [3.63, 3.8) is 0 Å². The van der Waals surface area contributed by atoms with Gasteiger partial charge in [-0.15, -0.1) is 0 Å². The number of carbonyl (C=O) groups excluding carboxylic acids is 2. The molecule has 0 bridgehead atoms. The van der Waals surface area contributed by atoms with Gasteiger partial charge in [0, 0.05) is 11.8 Å². The van der Waals surface area contributed by atoms with E-state index in [2.05, 4.69) is 9.72 Å². The maximum absolute atomic E-state index is 11.3. The summed E-state index contributed by atoms with van der Waals surface area (Å²) >= 11 is 0. The largest absolute Gasteiger partial charge is 0.465 e. The number of nitrogens with two attached hydrogens (primary N) is 2. The zero-order valence-electron chi connectivity index (χ0n) is 9.53. The van der Waals surface area contributed by atoms with E-state index >= 15 is 0 Å². The molecule has 0 aliphatic rings. The summed E-state index contributed by atoms with van der Waals surface area (Å²) in [7, 11) is 1.17. The lowest BCUT2D eigenvalue weighted by atomic mass is 10.0. The molecule has 1 aromatic rings. The highest BCUT2D eigenvalue weighted by Crippen LogP contribution is 2.23. The third-order valence-corrected chi connectivity index (χ3v) is 2.28. The molecule has 18 heavy (non-hydrogen) atoms. The fourth-order valence-corrected chi connectivity index (χ4v) is 1.28. The number of ether oxygens (including phenoxy) is 1. The summed E-state index contributed by atoms with van der Waals surface area (Å²) in [6.07, 6.45) is -2.37. The summed E-state index contributed by atoms with van der Waals surface area (Å²) in [5, 5.41) is 19.0. The minimum absolute atomic E-state index is 0.0254. The van der Waals surface area contributed by atoms with E-state index in [0.717, 1.165) is 6.20 Å². The normalized spacial score (nSPS) is 13.7. The average molecular weight is 255 g/mol. The van der Waals surface area contributed by atoms with Crippen LogP contribution in [0.4, 0.5) is 5.82 Å². The molecule has 0 radical (unpaired) electrons. The van der Waals surface area contributed by atoms with Gasteiger partial charge in [-0.3, -0.25) is 4.79 Å². The zero-order valence-corrected chi connectivity index (χ0v) is 9.53. The quantitative estimate of drug-likeness (QED) is 0.470. The van der Waals surface area contributed by atoms with Crippen LogP contribution in [0.2, 0.25) is 0 Å². The van der Waals surface area contributed by atoms with Gasteiger partial charge in [-0.2, -0.15) is 0 Å². The van der Waals surface area contributed by atoms with Crippen molar-refractivity contribution in [3.05, 3.63) is 23.4 Å². The summed E-state index contributed by atoms with van der Waals surface area (Å²) in [5.41, 5.74) is 10.3. The molecule has 8 nitrogen and oxygen atoms in total. The maximum Gasteiger partial charge on any atom is 0.339 e. The Morgan fingerprint density at radius 1 is 1.44 bits per heavy atom. The molecule has 0 saturated heterocycles. The number of aliphatic hydroxyl groups is 2. The van der Waals surface area contributed by atoms with E-state index in [0.29, 0.717) is 0 Å². The molecule has 0 spiro atoms. The number of nitrogens with zero attached hydrogens (tertiary/aromatic N) is 1. The monoisotopic (exact) mass is 255 g/mol. The highest BCUT2D eigenvalue weighted by atomic mass is 16.5. The Balaban J connectivity index is 3.15. The topological polar surface area (TPSA) is 149 Å². The van der Waals surface area contributed by atoms with Gasteiger partial charge in [0.05, 0.1) is 12.7 Å². The second kappa shape index (κ2) is 5.43. The molecule has 98 valence electrons. The van der Waals surface area contributed by atoms with Crippen molar-refractivity contribution < 1.29 is 24.5 Å². The lowest BCUT2D eigenvalue weighted by Crippen LogP contribution is -2.34. The molecule has 2 unspecified atom stereocenters. The van der Waals surface area contributed by atoms with Crippen LogP contribution in [-0.2, 0) is 9.53 Å². The highest BCUT2D eigenvalue weighted by Gasteiger charge is 2.26. The van der Waals surface area contributed by atoms with E-state index in [-0.39, 0.29) is 16.9 Å². The molecule has 0 aliphatic heterocycles. The van der Waals surface area contributed by atoms with E-state index in [1.54, 1.807) is 0 Å². The second-order valence-electron chi connectivity index (χ2n) is 3.48. The fraction of sp³-hybridized carbons (Fsp3) is 0.300. The van der Waals surface area contributed by atoms with E-state index in [1.807, 2.05) is 0 Å². The van der Waals surface area contributed by atoms with Crippen LogP contribution in [0.1, 0.15) is 22.0 Å². The third-order valence-electron chi connectivity index (χ3n) is 2.28. The minimum atomic E-state index is -1.85. The summed E-state index contributed by atoms with van der Waals surface area (Å²) < 4.78 is 4.46. The highest BCUT2D eigenvalue weighted by molar-refractivity contribution is 5.89. The van der Waals surface area contributed by atoms with Gasteiger partial charge in [-0.05, 0) is 6.07 Å². The molecule has 1 aromatic heterocycles. The van der Waals surface area contributed by atoms with Crippen LogP contribution in [0.25, 0.3) is 0 Å². The number of aliphatic hydroxyl groups excluding tert-OH is 2. The van der Waals surface area contributed by atoms with Gasteiger partial charge in [0.15, 0.2) is 6.10 Å². The van der Waals surface area contributed by atoms with Crippen LogP contribution in [0.5, 0.6) is 0 Å². The fourth-order valence-electron chi connectivity index (χ4n) is 1.28. The van der Waals surface area contributed by atoms with Crippen molar-refractivity contribution in [2.75, 3.05) is 12.8 Å². The molecule has 0 fully saturated rings. The van der Waals surface area contributed by atoms with Crippen LogP contribution in [-0.4, -0.2) is 40.3 Å². The third kappa shape index (κ3) is 2.73. The number of anilines is 1. The van der Waals surface area contributed by atoms with Crippen molar-refractivity contribution in [2.24, 2.45) is 5.73 Å². The van der Waals surface area contributed by atoms with Crippen LogP contribution < -0.4 is 11.5 Å². The Morgan fingerprint density at radius 3 is 2.56 bits per heavy atom. The van der Waals surface area contributed by atoms with E-state index < -0.39 is 24.1 Å². The van der Waals surface area contributed by atoms with Crippen molar-refractivity contribution in [2.45, 2.75) is 12.2 Å². The number of esters is 1. The number of nitrogen functional groups attached to an aromatic ring is 1. The van der Waals surface area contributed by atoms with Crippen LogP contribution in [0.15, 0.2) is 12.3 Å². The maximum atomic E-state index is 11.3. The van der Waals surface area contributed by atoms with Crippen molar-refractivity contribution in [3.8, 4) is 0 Å². The molecule has 6 N–H and O–H groups in total. The minimum Gasteiger partial charge on any atom is -0.465 e. The molecule has 1 amide bonds. The molecule has 0 aromatic carbocycles. The van der Waals surface area contributed by atoms with Crippen molar-refractivity contribution >= 4 is 17.7 Å². The molecule has 0 aliphatic carbocycles. The zero-order chi connectivity index (χ0) is 13.9. The molecular formula is C10H13N3O5. The number of rotatable bonds is 4. The van der Waals surface area contributed by atoms with Gasteiger partial charge in [0.1, 0.15) is 11.9 Å². The molecule has 1 heterocycles. The van der Waals surface area contributed by atoms with Gasteiger partial charge < -0.3 is 26.4 Å². The molecule has 8 heteroatoms. The lowest BCUT2D eigenvalue weighted by Gasteiger charge is -2.16. The first-order valence-electron chi connectivity index (χ1n) is 4.87. The average Bonchev–Trinajstić information content (AvgIpc) is 2.36. The number of primary amides is 1. The standard InChI is InChI=1S/C10H13N3O5/c1-18-10(17)4-2-5(8(11)13-3-4)6(14)7(15)9(12)16/h2-3,6-7,14-15H,1H3,(H2,11,13)(H2,12,16). The Hall–Kier alpha value is -2.19. The van der Waals surface area contributed by atoms with Crippen LogP contribution in [0.3, 0.4) is 0 Å². The Labute approximate surface area is 102 Å². The van der Waals surface area contributed by atoms with Crippen LogP contribution in [0, 0.1) is 0 Å². The number of amides is 1. The molecule has 0 saturated carbocycles. The smallest absolute Gasteiger partial charge is 0.339 e. The van der Waals surface area contributed by atoms with Gasteiger partial charge in [-0.25, -0.2) is 9.78 Å². The summed E-state index contributed by atoms with van der Waals surface area (Å²) in [5.74, 6) is -1.94. The first-order chi connectivity index (χ1) is 8.38. The predicted octanol–water partition coefficient (Wildman–Crippen LogP) is -1.67. The number of carbonyl (C=O) groups is 2. The predicted molar refractivity (Wildman–Crippen MR) is 60.1 cm³/mol. The van der Waals surface area contributed by atoms with E-state index in [4.69, 9.17) is 11.5 Å². The Bertz CT molecular complexity index is 477. The number of hydrogen-bond acceptors (Lipinski definition) is 7. The van der Waals surface area contributed by atoms with Gasteiger partial charge in [0.2, 0.25) is 5.91 Å². The van der Waals surface area contributed by atoms with Gasteiger partial charge >= 0.3 is 5.97 Å². The second-order valence-corrected chi connectivity index (χ2v) is 3.48. The summed E-state index contributed by atoms with van der Waals surface area (Å²) in [4.78, 5) is 25.7. The summed E-state index contributed by atoms with van der Waals surface area (Å²) in [6, 6.07) is 1.17. The number of hydrogen-bond donors (Lipinski definition) is 4. The first kappa shape index (κ1) is 13.9. The van der Waals surface area contributed by atoms with Gasteiger partial charge in [-0.1, -0.05) is 0 Å². The van der Waals surface area contributed by atoms with Crippen LogP contribution >= 0.6 is 0 Å². The van der Waals surface area contributed by atoms with E-state index in [9.17, 15) is 19.8 Å². The first-order valence-corrected chi connectivity index (χ1v) is 4.87.